The van der Waals surface area contributed by atoms with Gasteiger partial charge in [0.05, 0.1) is 0 Å². The van der Waals surface area contributed by atoms with E-state index in [0.29, 0.717) is 67.8 Å². The molecular formula is C78H60N2O14S2. The summed E-state index contributed by atoms with van der Waals surface area (Å²) in [7, 11) is 0. The number of esters is 4. The minimum absolute atomic E-state index is 0.0107. The van der Waals surface area contributed by atoms with Gasteiger partial charge >= 0.3 is 35.1 Å². The van der Waals surface area contributed by atoms with Crippen molar-refractivity contribution in [2.24, 2.45) is 57.3 Å². The van der Waals surface area contributed by atoms with Crippen LogP contribution in [0.4, 0.5) is 10.0 Å². The number of carbonyl (C=O) groups is 6. The first-order chi connectivity index (χ1) is 46.8. The first kappa shape index (κ1) is 60.6. The fraction of sp³-hybridized carbons (Fsp3) is 0.256. The van der Waals surface area contributed by atoms with Crippen molar-refractivity contribution in [1.29, 1.82) is 0 Å². The number of ketones is 2. The number of ether oxygens (including phenoxy) is 6. The van der Waals surface area contributed by atoms with E-state index in [-0.39, 0.29) is 104 Å². The lowest BCUT2D eigenvalue weighted by Gasteiger charge is -2.41. The van der Waals surface area contributed by atoms with E-state index in [9.17, 15) is 19.2 Å². The van der Waals surface area contributed by atoms with Crippen LogP contribution in [-0.2, 0) is 94.8 Å². The second-order valence-corrected chi connectivity index (χ2v) is 27.8. The number of rotatable bonds is 14. The molecule has 0 spiro atoms. The molecule has 3 saturated carbocycles. The maximum Gasteiger partial charge on any atom is 0.367 e. The normalized spacial score (nSPS) is 23.9. The quantitative estimate of drug-likeness (QED) is 0.0562. The van der Waals surface area contributed by atoms with E-state index in [1.807, 2.05) is 60.7 Å². The van der Waals surface area contributed by atoms with Crippen LogP contribution in [0.5, 0.6) is 0 Å². The zero-order valence-corrected chi connectivity index (χ0v) is 53.2. The number of carbonyl (C=O) groups excluding carboxylic acids is 6. The van der Waals surface area contributed by atoms with E-state index in [1.54, 1.807) is 121 Å². The summed E-state index contributed by atoms with van der Waals surface area (Å²) in [5.74, 6) is -6.76. The van der Waals surface area contributed by atoms with Crippen LogP contribution >= 0.6 is 22.7 Å². The molecule has 0 radical (unpaired) electrons. The van der Waals surface area contributed by atoms with Gasteiger partial charge in [0.2, 0.25) is 10.9 Å². The lowest BCUT2D eigenvalue weighted by molar-refractivity contribution is -0.191. The van der Waals surface area contributed by atoms with Crippen LogP contribution in [0.15, 0.2) is 213 Å². The van der Waals surface area contributed by atoms with E-state index >= 15 is 19.2 Å². The monoisotopic (exact) mass is 1310 g/mol. The number of thiophene rings is 2. The highest BCUT2D eigenvalue weighted by molar-refractivity contribution is 7.17. The molecule has 2 aromatic heterocycles. The summed E-state index contributed by atoms with van der Waals surface area (Å²) in [6.07, 6.45) is 24.0. The van der Waals surface area contributed by atoms with Crippen molar-refractivity contribution in [3.63, 3.8) is 0 Å². The van der Waals surface area contributed by atoms with Crippen LogP contribution in [0.25, 0.3) is 23.3 Å². The number of aliphatic imine (C=N–C) groups is 1. The molecule has 0 N–H and O–H groups in total. The summed E-state index contributed by atoms with van der Waals surface area (Å²) in [5.41, 5.74) is -3.35. The molecule has 7 aromatic rings. The number of hydrogen-bond acceptors (Lipinski definition) is 18. The van der Waals surface area contributed by atoms with Gasteiger partial charge in [0.25, 0.3) is 0 Å². The topological polar surface area (TPSA) is 217 Å². The molecule has 96 heavy (non-hydrogen) atoms. The molecule has 8 atom stereocenters. The van der Waals surface area contributed by atoms with Crippen LogP contribution in [0, 0.1) is 47.3 Å². The zero-order valence-electron chi connectivity index (χ0n) is 51.6. The van der Waals surface area contributed by atoms with Crippen molar-refractivity contribution < 1.29 is 57.2 Å². The zero-order chi connectivity index (χ0) is 65.4. The van der Waals surface area contributed by atoms with Gasteiger partial charge in [-0.2, -0.15) is 0 Å². The van der Waals surface area contributed by atoms with Crippen LogP contribution in [-0.4, -0.2) is 41.2 Å². The highest BCUT2D eigenvalue weighted by Crippen LogP contribution is 2.58. The van der Waals surface area contributed by atoms with Crippen molar-refractivity contribution >= 4 is 97.1 Å². The minimum Gasteiger partial charge on any atom is -0.459 e. The first-order valence-corrected chi connectivity index (χ1v) is 34.0. The van der Waals surface area contributed by atoms with E-state index in [1.165, 1.54) is 12.1 Å². The van der Waals surface area contributed by atoms with Crippen LogP contribution < -0.4 is 26.7 Å². The lowest BCUT2D eigenvalue weighted by Crippen LogP contribution is -2.51. The average molecular weight is 1310 g/mol. The third-order valence-corrected chi connectivity index (χ3v) is 22.1. The second kappa shape index (κ2) is 24.5. The summed E-state index contributed by atoms with van der Waals surface area (Å²) in [6.45, 7) is -1.03. The predicted octanol–water partition coefficient (Wildman–Crippen LogP) is 10.5. The summed E-state index contributed by atoms with van der Waals surface area (Å²) < 4.78 is 38.4. The Balaban J connectivity index is 0.848. The largest absolute Gasteiger partial charge is 0.459 e. The van der Waals surface area contributed by atoms with Gasteiger partial charge in [0.1, 0.15) is 47.9 Å². The molecule has 2 aliphatic heterocycles. The van der Waals surface area contributed by atoms with Gasteiger partial charge in [0.15, 0.2) is 22.6 Å². The molecule has 478 valence electrons. The Kier molecular flexibility index (Phi) is 15.5. The summed E-state index contributed by atoms with van der Waals surface area (Å²) in [6, 6.07) is 38.7. The molecule has 3 fully saturated rings. The van der Waals surface area contributed by atoms with E-state index in [4.69, 9.17) is 38.4 Å². The fourth-order valence-corrected chi connectivity index (χ4v) is 17.4. The fourth-order valence-electron chi connectivity index (χ4n) is 15.1. The molecule has 9 aliphatic rings. The number of benzene rings is 4. The van der Waals surface area contributed by atoms with Crippen molar-refractivity contribution in [2.75, 3.05) is 0 Å². The Morgan fingerprint density at radius 2 is 0.823 bits per heavy atom. The van der Waals surface area contributed by atoms with Gasteiger partial charge in [-0.15, -0.1) is 22.7 Å². The van der Waals surface area contributed by atoms with Gasteiger partial charge in [-0.1, -0.05) is 196 Å². The van der Waals surface area contributed by atoms with E-state index in [0.717, 1.165) is 48.4 Å². The molecule has 18 heteroatoms. The van der Waals surface area contributed by atoms with Gasteiger partial charge < -0.3 is 28.4 Å². The van der Waals surface area contributed by atoms with Crippen molar-refractivity contribution in [3.8, 4) is 0 Å². The van der Waals surface area contributed by atoms with Crippen molar-refractivity contribution in [2.45, 2.75) is 76.2 Å². The van der Waals surface area contributed by atoms with E-state index < -0.39 is 69.6 Å². The molecule has 16 nitrogen and oxygen atoms in total. The van der Waals surface area contributed by atoms with Gasteiger partial charge in [0, 0.05) is 78.0 Å². The Morgan fingerprint density at radius 3 is 1.20 bits per heavy atom. The summed E-state index contributed by atoms with van der Waals surface area (Å²) >= 11 is 2.09. The van der Waals surface area contributed by atoms with E-state index in [2.05, 4.69) is 0 Å². The smallest absolute Gasteiger partial charge is 0.367 e. The summed E-state index contributed by atoms with van der Waals surface area (Å²) in [5, 5.41) is 0.398. The Morgan fingerprint density at radius 1 is 0.458 bits per heavy atom. The predicted molar refractivity (Wildman–Crippen MR) is 357 cm³/mol. The van der Waals surface area contributed by atoms with Gasteiger partial charge in [-0.25, -0.2) is 29.2 Å². The van der Waals surface area contributed by atoms with Crippen LogP contribution in [0.1, 0.15) is 81.7 Å². The molecule has 8 unspecified atom stereocenters. The highest BCUT2D eigenvalue weighted by atomic mass is 32.1. The number of Topliss-reactive ketones (excluding diaryl/α,β-unsaturated/α-hetero) is 2. The SMILES string of the molecule is O=C1C(=Nc2cc3c(s2)C2=CC4C=C5OC(C(=O)OCc6ccccc6)(C(=O)OCc6ccccc6)c6cc(N=c7c(=O)c8c(c7=O)=CC7C=CC=CC7C=8)sc6C5=CC4C=C2OC3(C(=O)OCc2ccccc2)C(=O)OCc2ccccc2)C(=O)C2CC3CCCCC3CC12. The first-order valence-electron chi connectivity index (χ1n) is 32.4. The molecule has 0 bridgehead atoms. The Labute approximate surface area is 557 Å². The molecule has 7 aliphatic carbocycles. The molecular weight excluding hydrogens is 1250 g/mol. The van der Waals surface area contributed by atoms with Crippen LogP contribution in [0.3, 0.4) is 0 Å². The van der Waals surface area contributed by atoms with Gasteiger partial charge in [-0.3, -0.25) is 19.2 Å². The van der Waals surface area contributed by atoms with Crippen molar-refractivity contribution in [1.82, 2.24) is 0 Å². The molecule has 0 saturated heterocycles. The minimum atomic E-state index is -2.67. The molecule has 4 heterocycles. The second-order valence-electron chi connectivity index (χ2n) is 25.7. The number of fused-ring (bicyclic) bond motifs is 11. The Bertz CT molecular complexity index is 4760. The third-order valence-electron chi connectivity index (χ3n) is 20.0. The van der Waals surface area contributed by atoms with Crippen LogP contribution in [0.2, 0.25) is 0 Å². The lowest BCUT2D eigenvalue weighted by atomic mass is 9.64. The average Bonchev–Trinajstić information content (AvgIpc) is 1.28. The molecule has 16 rings (SSSR count). The number of hydrogen-bond donors (Lipinski definition) is 0. The number of allylic oxidation sites excluding steroid dienone is 10. The maximum absolute atomic E-state index is 15.5. The highest BCUT2D eigenvalue weighted by Gasteiger charge is 2.62. The Hall–Kier alpha value is -10.3. The maximum atomic E-state index is 15.5. The molecule has 5 aromatic carbocycles. The van der Waals surface area contributed by atoms with Crippen molar-refractivity contribution in [3.05, 3.63) is 273 Å². The third kappa shape index (κ3) is 10.5. The van der Waals surface area contributed by atoms with Gasteiger partial charge in [-0.05, 0) is 71.2 Å². The standard InChI is InChI=1S/C78H60N2O14S2/c81-67-53-29-47-25-13-14-26-48(47)30-54(53)68(82)65(67)79-63-37-59-71(95-63)57-33-52-36-62-58(34-51(52)35-61(57)93-77(59,73(85)89-39-43-17-5-1-6-18-43)74(86)90-40-44-19-7-2-8-20-44)72-60(38-64(96-72)80-66-69(83)55-31-49-27-15-16-28-50(49)32-56(55)70(66)84)78(94-62,75(87)91-41-45-21-9-3-10-22-45)76(88)92-42-46-23-11-4-12-24-46/h1-14,17-26,29-30,33-38,47-52,55-56H,15-16,27-28,31-32,39-42H2. The number of nitrogens with zero attached hydrogens (tertiary/aromatic N) is 2. The summed E-state index contributed by atoms with van der Waals surface area (Å²) in [4.78, 5) is 130. The molecule has 0 amide bonds.